The monoisotopic (exact) mass is 489 g/mol. The highest BCUT2D eigenvalue weighted by Gasteiger charge is 2.18. The molecule has 7 heteroatoms. The summed E-state index contributed by atoms with van der Waals surface area (Å²) >= 11 is 6.20. The Kier molecular flexibility index (Phi) is 7.22. The molecule has 6 nitrogen and oxygen atoms in total. The van der Waals surface area contributed by atoms with E-state index >= 15 is 0 Å². The molecule has 0 saturated heterocycles. The van der Waals surface area contributed by atoms with Crippen LogP contribution in [0.15, 0.2) is 77.3 Å². The number of aromatic nitrogens is 2. The maximum Gasteiger partial charge on any atom is 0.254 e. The molecule has 0 atom stereocenters. The van der Waals surface area contributed by atoms with Gasteiger partial charge in [0.25, 0.3) is 5.91 Å². The molecule has 0 unspecified atom stereocenters. The highest BCUT2D eigenvalue weighted by atomic mass is 35.5. The fourth-order valence-corrected chi connectivity index (χ4v) is 3.74. The molecule has 0 bridgehead atoms. The number of carbonyl (C=O) groups excluding carboxylic acids is 1. The van der Waals surface area contributed by atoms with E-state index in [2.05, 4.69) is 43.0 Å². The average molecular weight is 490 g/mol. The van der Waals surface area contributed by atoms with Gasteiger partial charge in [-0.2, -0.15) is 4.98 Å². The summed E-state index contributed by atoms with van der Waals surface area (Å²) in [5.41, 5.74) is 3.55. The molecule has 0 radical (unpaired) electrons. The van der Waals surface area contributed by atoms with Crippen molar-refractivity contribution in [1.82, 2.24) is 15.0 Å². The van der Waals surface area contributed by atoms with Crippen molar-refractivity contribution in [2.45, 2.75) is 39.3 Å². The van der Waals surface area contributed by atoms with Crippen LogP contribution >= 0.6 is 11.6 Å². The molecule has 1 amide bonds. The van der Waals surface area contributed by atoms with Crippen LogP contribution in [0, 0.1) is 0 Å². The third kappa shape index (κ3) is 6.08. The van der Waals surface area contributed by atoms with Crippen molar-refractivity contribution in [2.24, 2.45) is 0 Å². The second kappa shape index (κ2) is 10.3. The van der Waals surface area contributed by atoms with Crippen molar-refractivity contribution < 1.29 is 14.1 Å². The van der Waals surface area contributed by atoms with Gasteiger partial charge in [0.1, 0.15) is 12.4 Å². The molecule has 180 valence electrons. The van der Waals surface area contributed by atoms with Crippen LogP contribution < -0.4 is 4.74 Å². The predicted octanol–water partition coefficient (Wildman–Crippen LogP) is 6.54. The van der Waals surface area contributed by atoms with E-state index in [1.807, 2.05) is 42.5 Å². The first-order valence-electron chi connectivity index (χ1n) is 11.4. The average Bonchev–Trinajstić information content (AvgIpc) is 3.31. The van der Waals surface area contributed by atoms with Gasteiger partial charge in [0.05, 0.1) is 6.54 Å². The number of amides is 1. The zero-order valence-corrected chi connectivity index (χ0v) is 21.0. The number of carbonyl (C=O) groups is 1. The Labute approximate surface area is 210 Å². The Morgan fingerprint density at radius 3 is 2.49 bits per heavy atom. The van der Waals surface area contributed by atoms with Crippen molar-refractivity contribution in [3.63, 3.8) is 0 Å². The largest absolute Gasteiger partial charge is 0.489 e. The van der Waals surface area contributed by atoms with Gasteiger partial charge < -0.3 is 14.2 Å². The summed E-state index contributed by atoms with van der Waals surface area (Å²) in [6.07, 6.45) is 0. The minimum Gasteiger partial charge on any atom is -0.489 e. The maximum absolute atomic E-state index is 13.0. The number of hydrogen-bond acceptors (Lipinski definition) is 5. The Hall–Kier alpha value is -3.64. The minimum absolute atomic E-state index is 0.0704. The Balaban J connectivity index is 1.39. The summed E-state index contributed by atoms with van der Waals surface area (Å²) in [5, 5.41) is 4.73. The van der Waals surface area contributed by atoms with Crippen molar-refractivity contribution in [1.29, 1.82) is 0 Å². The van der Waals surface area contributed by atoms with Gasteiger partial charge in [-0.1, -0.05) is 86.1 Å². The van der Waals surface area contributed by atoms with Gasteiger partial charge in [0.2, 0.25) is 11.7 Å². The maximum atomic E-state index is 13.0. The van der Waals surface area contributed by atoms with E-state index in [0.717, 1.165) is 11.1 Å². The molecule has 4 rings (SSSR count). The quantitative estimate of drug-likeness (QED) is 0.295. The van der Waals surface area contributed by atoms with Gasteiger partial charge >= 0.3 is 0 Å². The lowest BCUT2D eigenvalue weighted by atomic mass is 9.87. The van der Waals surface area contributed by atoms with E-state index in [1.165, 1.54) is 10.5 Å². The van der Waals surface area contributed by atoms with Gasteiger partial charge in [-0.15, -0.1) is 0 Å². The number of ether oxygens (including phenoxy) is 1. The van der Waals surface area contributed by atoms with Crippen LogP contribution in [0.3, 0.4) is 0 Å². The van der Waals surface area contributed by atoms with Crippen molar-refractivity contribution in [3.05, 3.63) is 100 Å². The van der Waals surface area contributed by atoms with Gasteiger partial charge in [0, 0.05) is 28.8 Å². The molecular formula is C28H28ClN3O3. The van der Waals surface area contributed by atoms with Gasteiger partial charge in [0.15, 0.2) is 0 Å². The van der Waals surface area contributed by atoms with Crippen LogP contribution in [0.4, 0.5) is 0 Å². The van der Waals surface area contributed by atoms with Gasteiger partial charge in [-0.05, 0) is 35.2 Å². The van der Waals surface area contributed by atoms with Crippen LogP contribution in [-0.2, 0) is 18.6 Å². The fraction of sp³-hybridized carbons (Fsp3) is 0.250. The first-order chi connectivity index (χ1) is 16.7. The normalized spacial score (nSPS) is 11.3. The summed E-state index contributed by atoms with van der Waals surface area (Å²) < 4.78 is 11.3. The highest BCUT2D eigenvalue weighted by Crippen LogP contribution is 2.25. The van der Waals surface area contributed by atoms with Crippen LogP contribution in [0.5, 0.6) is 5.75 Å². The fourth-order valence-electron chi connectivity index (χ4n) is 3.55. The Bertz CT molecular complexity index is 1310. The SMILES string of the molecule is CN(Cc1nc(-c2ccc(C(C)(C)C)cc2)no1)C(=O)c1cccc(OCc2ccccc2Cl)c1. The number of halogens is 1. The number of benzene rings is 3. The smallest absolute Gasteiger partial charge is 0.254 e. The lowest BCUT2D eigenvalue weighted by molar-refractivity contribution is 0.0769. The standard InChI is InChI=1S/C28H28ClN3O3/c1-28(2,3)22-14-12-19(13-15-22)26-30-25(35-31-26)17-32(4)27(33)20-9-7-10-23(16-20)34-18-21-8-5-6-11-24(21)29/h5-16H,17-18H2,1-4H3. The van der Waals surface area contributed by atoms with Crippen LogP contribution in [0.2, 0.25) is 5.02 Å². The topological polar surface area (TPSA) is 68.5 Å². The van der Waals surface area contributed by atoms with E-state index in [-0.39, 0.29) is 17.9 Å². The molecular weight excluding hydrogens is 462 g/mol. The molecule has 0 fully saturated rings. The summed E-state index contributed by atoms with van der Waals surface area (Å²) in [5.74, 6) is 1.27. The molecule has 0 aliphatic heterocycles. The molecule has 35 heavy (non-hydrogen) atoms. The summed E-state index contributed by atoms with van der Waals surface area (Å²) in [6, 6.07) is 22.7. The van der Waals surface area contributed by atoms with Crippen LogP contribution in [0.25, 0.3) is 11.4 Å². The number of nitrogens with zero attached hydrogens (tertiary/aromatic N) is 3. The predicted molar refractivity (Wildman–Crippen MR) is 136 cm³/mol. The molecule has 0 spiro atoms. The third-order valence-electron chi connectivity index (χ3n) is 5.63. The van der Waals surface area contributed by atoms with E-state index < -0.39 is 0 Å². The molecule has 0 saturated carbocycles. The van der Waals surface area contributed by atoms with E-state index in [9.17, 15) is 4.79 Å². The zero-order valence-electron chi connectivity index (χ0n) is 20.3. The first-order valence-corrected chi connectivity index (χ1v) is 11.7. The van der Waals surface area contributed by atoms with E-state index in [0.29, 0.717) is 34.7 Å². The van der Waals surface area contributed by atoms with E-state index in [1.54, 1.807) is 25.2 Å². The summed E-state index contributed by atoms with van der Waals surface area (Å²) in [6.45, 7) is 7.01. The minimum atomic E-state index is -0.178. The molecule has 1 heterocycles. The van der Waals surface area contributed by atoms with Crippen molar-refractivity contribution in [3.8, 4) is 17.1 Å². The molecule has 0 N–H and O–H groups in total. The summed E-state index contributed by atoms with van der Waals surface area (Å²) in [4.78, 5) is 19.0. The summed E-state index contributed by atoms with van der Waals surface area (Å²) in [7, 11) is 1.70. The Morgan fingerprint density at radius 2 is 1.77 bits per heavy atom. The Morgan fingerprint density at radius 1 is 1.03 bits per heavy atom. The second-order valence-electron chi connectivity index (χ2n) is 9.41. The molecule has 1 aromatic heterocycles. The lowest BCUT2D eigenvalue weighted by Crippen LogP contribution is -2.26. The number of hydrogen-bond donors (Lipinski definition) is 0. The van der Waals surface area contributed by atoms with Crippen LogP contribution in [-0.4, -0.2) is 28.0 Å². The zero-order chi connectivity index (χ0) is 25.0. The van der Waals surface area contributed by atoms with Gasteiger partial charge in [-0.3, -0.25) is 4.79 Å². The highest BCUT2D eigenvalue weighted by molar-refractivity contribution is 6.31. The van der Waals surface area contributed by atoms with E-state index in [4.69, 9.17) is 20.9 Å². The van der Waals surface area contributed by atoms with Crippen molar-refractivity contribution in [2.75, 3.05) is 7.05 Å². The molecule has 3 aromatic carbocycles. The lowest BCUT2D eigenvalue weighted by Gasteiger charge is -2.18. The second-order valence-corrected chi connectivity index (χ2v) is 9.82. The molecule has 0 aliphatic carbocycles. The molecule has 4 aromatic rings. The molecule has 0 aliphatic rings. The third-order valence-corrected chi connectivity index (χ3v) is 6.00. The van der Waals surface area contributed by atoms with Crippen molar-refractivity contribution >= 4 is 17.5 Å². The van der Waals surface area contributed by atoms with Gasteiger partial charge in [-0.25, -0.2) is 0 Å². The first kappa shape index (κ1) is 24.5. The van der Waals surface area contributed by atoms with Crippen LogP contribution in [0.1, 0.15) is 48.1 Å². The number of rotatable bonds is 7.